The first kappa shape index (κ1) is 11.2. The van der Waals surface area contributed by atoms with E-state index in [0.29, 0.717) is 5.54 Å². The summed E-state index contributed by atoms with van der Waals surface area (Å²) in [6.45, 7) is 3.64. The number of benzene rings is 1. The van der Waals surface area contributed by atoms with Crippen molar-refractivity contribution < 1.29 is 0 Å². The van der Waals surface area contributed by atoms with Crippen LogP contribution in [0.15, 0.2) is 30.3 Å². The number of likely N-dealkylation sites (tertiary alicyclic amines) is 1. The van der Waals surface area contributed by atoms with Crippen LogP contribution in [0.25, 0.3) is 0 Å². The van der Waals surface area contributed by atoms with E-state index in [4.69, 9.17) is 0 Å². The fourth-order valence-corrected chi connectivity index (χ4v) is 3.56. The van der Waals surface area contributed by atoms with E-state index in [-0.39, 0.29) is 0 Å². The van der Waals surface area contributed by atoms with Crippen molar-refractivity contribution in [3.63, 3.8) is 0 Å². The lowest BCUT2D eigenvalue weighted by Crippen LogP contribution is -2.52. The summed E-state index contributed by atoms with van der Waals surface area (Å²) in [5, 5.41) is 3.78. The van der Waals surface area contributed by atoms with E-state index in [1.54, 1.807) is 0 Å². The van der Waals surface area contributed by atoms with Crippen LogP contribution in [0.5, 0.6) is 0 Å². The molecule has 1 N–H and O–H groups in total. The first-order valence-electron chi connectivity index (χ1n) is 6.76. The summed E-state index contributed by atoms with van der Waals surface area (Å²) in [6, 6.07) is 11.0. The van der Waals surface area contributed by atoms with Crippen molar-refractivity contribution in [3.8, 4) is 0 Å². The lowest BCUT2D eigenvalue weighted by atomic mass is 9.78. The van der Waals surface area contributed by atoms with Crippen LogP contribution in [-0.2, 0) is 0 Å². The van der Waals surface area contributed by atoms with E-state index >= 15 is 0 Å². The molecule has 0 aliphatic carbocycles. The maximum atomic E-state index is 3.78. The second kappa shape index (κ2) is 4.43. The molecule has 1 spiro atoms. The van der Waals surface area contributed by atoms with Gasteiger partial charge >= 0.3 is 0 Å². The zero-order chi connectivity index (χ0) is 11.7. The quantitative estimate of drug-likeness (QED) is 0.796. The van der Waals surface area contributed by atoms with Crippen LogP contribution in [0.2, 0.25) is 0 Å². The normalized spacial score (nSPS) is 34.3. The molecule has 2 fully saturated rings. The van der Waals surface area contributed by atoms with Gasteiger partial charge in [-0.3, -0.25) is 0 Å². The summed E-state index contributed by atoms with van der Waals surface area (Å²) in [7, 11) is 2.24. The summed E-state index contributed by atoms with van der Waals surface area (Å²) in [5.74, 6) is 0.754. The molecule has 2 unspecified atom stereocenters. The minimum absolute atomic E-state index is 0.396. The zero-order valence-corrected chi connectivity index (χ0v) is 10.7. The Morgan fingerprint density at radius 1 is 1.29 bits per heavy atom. The molecule has 2 atom stereocenters. The number of piperidine rings is 1. The van der Waals surface area contributed by atoms with E-state index in [2.05, 4.69) is 47.6 Å². The molecule has 1 aromatic carbocycles. The molecule has 2 aliphatic heterocycles. The second-order valence-corrected chi connectivity index (χ2v) is 5.80. The SMILES string of the molecule is CN1CCC2(CC(c3ccccc3)CCN2)C1. The molecule has 0 saturated carbocycles. The molecule has 2 nitrogen and oxygen atoms in total. The lowest BCUT2D eigenvalue weighted by Gasteiger charge is -2.39. The van der Waals surface area contributed by atoms with Crippen molar-refractivity contribution in [2.24, 2.45) is 0 Å². The molecule has 2 aliphatic rings. The van der Waals surface area contributed by atoms with E-state index in [9.17, 15) is 0 Å². The van der Waals surface area contributed by atoms with Crippen molar-refractivity contribution in [1.82, 2.24) is 10.2 Å². The average molecular weight is 230 g/mol. The molecule has 2 saturated heterocycles. The van der Waals surface area contributed by atoms with Gasteiger partial charge < -0.3 is 10.2 Å². The largest absolute Gasteiger partial charge is 0.310 e. The van der Waals surface area contributed by atoms with Crippen LogP contribution in [-0.4, -0.2) is 37.1 Å². The Morgan fingerprint density at radius 2 is 2.12 bits per heavy atom. The van der Waals surface area contributed by atoms with Gasteiger partial charge in [-0.2, -0.15) is 0 Å². The van der Waals surface area contributed by atoms with Gasteiger partial charge in [-0.25, -0.2) is 0 Å². The Labute approximate surface area is 104 Å². The Morgan fingerprint density at radius 3 is 2.82 bits per heavy atom. The number of hydrogen-bond donors (Lipinski definition) is 1. The highest BCUT2D eigenvalue weighted by atomic mass is 15.2. The first-order chi connectivity index (χ1) is 8.27. The molecule has 0 radical (unpaired) electrons. The van der Waals surface area contributed by atoms with Crippen molar-refractivity contribution in [3.05, 3.63) is 35.9 Å². The first-order valence-corrected chi connectivity index (χ1v) is 6.76. The summed E-state index contributed by atoms with van der Waals surface area (Å²) in [4.78, 5) is 2.46. The van der Waals surface area contributed by atoms with Gasteiger partial charge in [0.15, 0.2) is 0 Å². The number of nitrogens with zero attached hydrogens (tertiary/aromatic N) is 1. The Bertz CT molecular complexity index is 372. The van der Waals surface area contributed by atoms with Gasteiger partial charge in [0.25, 0.3) is 0 Å². The van der Waals surface area contributed by atoms with Gasteiger partial charge in [-0.1, -0.05) is 30.3 Å². The Balaban J connectivity index is 1.76. The van der Waals surface area contributed by atoms with Crippen molar-refractivity contribution >= 4 is 0 Å². The molecule has 92 valence electrons. The van der Waals surface area contributed by atoms with Gasteiger partial charge in [-0.05, 0) is 50.9 Å². The number of rotatable bonds is 1. The van der Waals surface area contributed by atoms with Crippen LogP contribution in [0.4, 0.5) is 0 Å². The van der Waals surface area contributed by atoms with Crippen LogP contribution < -0.4 is 5.32 Å². The standard InChI is InChI=1S/C15H22N2/c1-17-10-8-15(12-17)11-14(7-9-16-15)13-5-3-2-4-6-13/h2-6,14,16H,7-12H2,1H3. The monoisotopic (exact) mass is 230 g/mol. The molecule has 3 rings (SSSR count). The minimum Gasteiger partial charge on any atom is -0.310 e. The molecular formula is C15H22N2. The Hall–Kier alpha value is -0.860. The molecule has 0 amide bonds. The smallest absolute Gasteiger partial charge is 0.0326 e. The summed E-state index contributed by atoms with van der Waals surface area (Å²) in [6.07, 6.45) is 3.91. The molecule has 1 aromatic rings. The van der Waals surface area contributed by atoms with Crippen LogP contribution in [0, 0.1) is 0 Å². The van der Waals surface area contributed by atoms with Crippen molar-refractivity contribution in [2.75, 3.05) is 26.7 Å². The minimum atomic E-state index is 0.396. The molecule has 17 heavy (non-hydrogen) atoms. The molecule has 0 aromatic heterocycles. The predicted octanol–water partition coefficient (Wildman–Crippen LogP) is 2.23. The fourth-order valence-electron chi connectivity index (χ4n) is 3.56. The summed E-state index contributed by atoms with van der Waals surface area (Å²) < 4.78 is 0. The van der Waals surface area contributed by atoms with E-state index in [1.165, 1.54) is 44.5 Å². The summed E-state index contributed by atoms with van der Waals surface area (Å²) >= 11 is 0. The van der Waals surface area contributed by atoms with Gasteiger partial charge in [0.2, 0.25) is 0 Å². The highest BCUT2D eigenvalue weighted by Crippen LogP contribution is 2.37. The summed E-state index contributed by atoms with van der Waals surface area (Å²) in [5.41, 5.74) is 1.93. The Kier molecular flexibility index (Phi) is 2.93. The fraction of sp³-hybridized carbons (Fsp3) is 0.600. The highest BCUT2D eigenvalue weighted by Gasteiger charge is 2.40. The highest BCUT2D eigenvalue weighted by molar-refractivity contribution is 5.22. The molecule has 0 bridgehead atoms. The van der Waals surface area contributed by atoms with E-state index in [1.807, 2.05) is 0 Å². The third-order valence-electron chi connectivity index (χ3n) is 4.45. The van der Waals surface area contributed by atoms with Gasteiger partial charge in [0.05, 0.1) is 0 Å². The molecule has 2 heteroatoms. The zero-order valence-electron chi connectivity index (χ0n) is 10.7. The van der Waals surface area contributed by atoms with Crippen molar-refractivity contribution in [1.29, 1.82) is 0 Å². The van der Waals surface area contributed by atoms with Crippen LogP contribution in [0.1, 0.15) is 30.7 Å². The van der Waals surface area contributed by atoms with Gasteiger partial charge in [-0.15, -0.1) is 0 Å². The third-order valence-corrected chi connectivity index (χ3v) is 4.45. The maximum Gasteiger partial charge on any atom is 0.0326 e. The van der Waals surface area contributed by atoms with Gasteiger partial charge in [0.1, 0.15) is 0 Å². The van der Waals surface area contributed by atoms with E-state index < -0.39 is 0 Å². The topological polar surface area (TPSA) is 15.3 Å². The second-order valence-electron chi connectivity index (χ2n) is 5.80. The predicted molar refractivity (Wildman–Crippen MR) is 71.3 cm³/mol. The number of nitrogens with one attached hydrogen (secondary N) is 1. The third kappa shape index (κ3) is 2.24. The number of hydrogen-bond acceptors (Lipinski definition) is 2. The van der Waals surface area contributed by atoms with Crippen LogP contribution >= 0.6 is 0 Å². The average Bonchev–Trinajstić information content (AvgIpc) is 2.71. The van der Waals surface area contributed by atoms with Crippen molar-refractivity contribution in [2.45, 2.75) is 30.7 Å². The van der Waals surface area contributed by atoms with Gasteiger partial charge in [0, 0.05) is 12.1 Å². The molecule has 2 heterocycles. The van der Waals surface area contributed by atoms with E-state index in [0.717, 1.165) is 5.92 Å². The number of likely N-dealkylation sites (N-methyl/N-ethyl adjacent to an activating group) is 1. The lowest BCUT2D eigenvalue weighted by molar-refractivity contribution is 0.232. The molecular weight excluding hydrogens is 208 g/mol. The maximum absolute atomic E-state index is 3.78. The van der Waals surface area contributed by atoms with Crippen LogP contribution in [0.3, 0.4) is 0 Å².